The van der Waals surface area contributed by atoms with E-state index in [1.54, 1.807) is 24.3 Å². The van der Waals surface area contributed by atoms with Gasteiger partial charge in [-0.1, -0.05) is 17.7 Å². The van der Waals surface area contributed by atoms with Crippen molar-refractivity contribution in [2.24, 2.45) is 11.8 Å². The Bertz CT molecular complexity index is 1190. The van der Waals surface area contributed by atoms with Gasteiger partial charge in [0, 0.05) is 61.3 Å². The number of likely N-dealkylation sites (tertiary alicyclic amines) is 1. The molecule has 2 bridgehead atoms. The summed E-state index contributed by atoms with van der Waals surface area (Å²) in [6, 6.07) is 11.6. The number of benzene rings is 1. The summed E-state index contributed by atoms with van der Waals surface area (Å²) in [6.45, 7) is 2.62. The van der Waals surface area contributed by atoms with Crippen LogP contribution in [0.4, 0.5) is 0 Å². The SMILES string of the molecule is O=C(C1CCN(S(=O)(=O)c2ccc(Cl)cc2)CC1)N1C[C@H]2C[C@@H](C1)c1cccc(=O)n1C2. The molecule has 0 aliphatic carbocycles. The minimum atomic E-state index is -3.59. The normalized spacial score (nSPS) is 24.2. The van der Waals surface area contributed by atoms with Gasteiger partial charge in [-0.25, -0.2) is 8.42 Å². The molecular weight excluding hydrogens is 450 g/mol. The summed E-state index contributed by atoms with van der Waals surface area (Å²) in [5, 5.41) is 0.493. The minimum Gasteiger partial charge on any atom is -0.341 e. The van der Waals surface area contributed by atoms with Crippen LogP contribution in [0.25, 0.3) is 0 Å². The molecule has 0 unspecified atom stereocenters. The molecule has 2 fully saturated rings. The first-order chi connectivity index (χ1) is 15.3. The van der Waals surface area contributed by atoms with Crippen LogP contribution in [0.5, 0.6) is 0 Å². The fraction of sp³-hybridized carbons (Fsp3) is 0.478. The van der Waals surface area contributed by atoms with Crippen LogP contribution in [-0.4, -0.2) is 54.3 Å². The smallest absolute Gasteiger partial charge is 0.250 e. The molecule has 3 aliphatic heterocycles. The van der Waals surface area contributed by atoms with E-state index in [0.29, 0.717) is 50.6 Å². The van der Waals surface area contributed by atoms with E-state index in [0.717, 1.165) is 12.1 Å². The molecular formula is C23H26ClN3O4S. The summed E-state index contributed by atoms with van der Waals surface area (Å²) < 4.78 is 29.2. The quantitative estimate of drug-likeness (QED) is 0.683. The maximum Gasteiger partial charge on any atom is 0.250 e. The van der Waals surface area contributed by atoms with Gasteiger partial charge in [-0.05, 0) is 55.5 Å². The number of aromatic nitrogens is 1. The standard InChI is InChI=1S/C23H26ClN3O4S/c24-19-4-6-20(7-5-19)32(30,31)26-10-8-17(9-11-26)23(29)25-13-16-12-18(15-25)21-2-1-3-22(28)27(21)14-16/h1-7,16-18H,8-15H2/t16-,18+/m1/s1. The van der Waals surface area contributed by atoms with Crippen molar-refractivity contribution in [2.45, 2.75) is 36.6 Å². The number of sulfonamides is 1. The van der Waals surface area contributed by atoms with E-state index >= 15 is 0 Å². The van der Waals surface area contributed by atoms with Crippen molar-refractivity contribution >= 4 is 27.5 Å². The monoisotopic (exact) mass is 475 g/mol. The number of carbonyl (C=O) groups excluding carboxylic acids is 1. The van der Waals surface area contributed by atoms with Gasteiger partial charge in [-0.3, -0.25) is 9.59 Å². The summed E-state index contributed by atoms with van der Waals surface area (Å²) in [4.78, 5) is 27.7. The summed E-state index contributed by atoms with van der Waals surface area (Å²) in [5.41, 5.74) is 1.06. The number of nitrogens with zero attached hydrogens (tertiary/aromatic N) is 3. The second-order valence-corrected chi connectivity index (χ2v) is 11.4. The molecule has 9 heteroatoms. The van der Waals surface area contributed by atoms with Crippen molar-refractivity contribution < 1.29 is 13.2 Å². The van der Waals surface area contributed by atoms with Gasteiger partial charge in [0.15, 0.2) is 0 Å². The zero-order chi connectivity index (χ0) is 22.5. The lowest BCUT2D eigenvalue weighted by Gasteiger charge is -2.44. The number of piperidine rings is 2. The van der Waals surface area contributed by atoms with Crippen molar-refractivity contribution in [3.63, 3.8) is 0 Å². The molecule has 3 aliphatic rings. The number of fused-ring (bicyclic) bond motifs is 4. The van der Waals surface area contributed by atoms with Gasteiger partial charge in [0.25, 0.3) is 5.56 Å². The number of carbonyl (C=O) groups is 1. The summed E-state index contributed by atoms with van der Waals surface area (Å²) in [5.74, 6) is 0.430. The predicted molar refractivity (Wildman–Crippen MR) is 121 cm³/mol. The van der Waals surface area contributed by atoms with E-state index in [1.165, 1.54) is 16.4 Å². The number of halogens is 1. The lowest BCUT2D eigenvalue weighted by atomic mass is 9.82. The van der Waals surface area contributed by atoms with Crippen LogP contribution in [0.3, 0.4) is 0 Å². The van der Waals surface area contributed by atoms with Crippen molar-refractivity contribution in [1.29, 1.82) is 0 Å². The van der Waals surface area contributed by atoms with Crippen LogP contribution in [0.1, 0.15) is 30.9 Å². The number of rotatable bonds is 3. The Morgan fingerprint density at radius 2 is 1.69 bits per heavy atom. The average Bonchev–Trinajstić information content (AvgIpc) is 2.79. The van der Waals surface area contributed by atoms with Crippen LogP contribution in [0, 0.1) is 11.8 Å². The summed E-state index contributed by atoms with van der Waals surface area (Å²) in [7, 11) is -3.59. The number of hydrogen-bond acceptors (Lipinski definition) is 4. The molecule has 32 heavy (non-hydrogen) atoms. The summed E-state index contributed by atoms with van der Waals surface area (Å²) in [6.07, 6.45) is 2.05. The summed E-state index contributed by atoms with van der Waals surface area (Å²) >= 11 is 5.88. The predicted octanol–water partition coefficient (Wildman–Crippen LogP) is 2.55. The molecule has 1 aromatic carbocycles. The highest BCUT2D eigenvalue weighted by atomic mass is 35.5. The highest BCUT2D eigenvalue weighted by molar-refractivity contribution is 7.89. The molecule has 2 aromatic rings. The van der Waals surface area contributed by atoms with Gasteiger partial charge in [-0.2, -0.15) is 4.31 Å². The van der Waals surface area contributed by atoms with E-state index in [9.17, 15) is 18.0 Å². The Balaban J connectivity index is 1.25. The van der Waals surface area contributed by atoms with E-state index in [-0.39, 0.29) is 34.1 Å². The molecule has 1 amide bonds. The van der Waals surface area contributed by atoms with E-state index < -0.39 is 10.0 Å². The molecule has 0 radical (unpaired) electrons. The van der Waals surface area contributed by atoms with Crippen LogP contribution in [0.15, 0.2) is 52.2 Å². The maximum absolute atomic E-state index is 13.3. The van der Waals surface area contributed by atoms with Crippen LogP contribution < -0.4 is 5.56 Å². The molecule has 0 saturated carbocycles. The van der Waals surface area contributed by atoms with Gasteiger partial charge >= 0.3 is 0 Å². The first-order valence-corrected chi connectivity index (χ1v) is 12.9. The fourth-order valence-corrected chi connectivity index (χ4v) is 7.03. The van der Waals surface area contributed by atoms with Crippen molar-refractivity contribution in [3.8, 4) is 0 Å². The van der Waals surface area contributed by atoms with E-state index in [4.69, 9.17) is 11.6 Å². The molecule has 1 aromatic heterocycles. The zero-order valence-corrected chi connectivity index (χ0v) is 19.3. The Labute approximate surface area is 192 Å². The highest BCUT2D eigenvalue weighted by Crippen LogP contribution is 2.36. The number of pyridine rings is 1. The first kappa shape index (κ1) is 21.7. The molecule has 4 heterocycles. The molecule has 2 saturated heterocycles. The average molecular weight is 476 g/mol. The third-order valence-corrected chi connectivity index (χ3v) is 9.21. The molecule has 2 atom stereocenters. The third kappa shape index (κ3) is 3.89. The topological polar surface area (TPSA) is 79.7 Å². The second-order valence-electron chi connectivity index (χ2n) is 9.07. The Kier molecular flexibility index (Phi) is 5.63. The second kappa shape index (κ2) is 8.32. The van der Waals surface area contributed by atoms with Crippen molar-refractivity contribution in [1.82, 2.24) is 13.8 Å². The Hall–Kier alpha value is -2.16. The third-order valence-electron chi connectivity index (χ3n) is 7.05. The van der Waals surface area contributed by atoms with E-state index in [2.05, 4.69) is 0 Å². The zero-order valence-electron chi connectivity index (χ0n) is 17.7. The number of hydrogen-bond donors (Lipinski definition) is 0. The van der Waals surface area contributed by atoms with E-state index in [1.807, 2.05) is 15.5 Å². The van der Waals surface area contributed by atoms with Gasteiger partial charge < -0.3 is 9.47 Å². The lowest BCUT2D eigenvalue weighted by molar-refractivity contribution is -0.139. The Morgan fingerprint density at radius 1 is 0.969 bits per heavy atom. The molecule has 7 nitrogen and oxygen atoms in total. The molecule has 170 valence electrons. The lowest BCUT2D eigenvalue weighted by Crippen LogP contribution is -2.52. The molecule has 5 rings (SSSR count). The van der Waals surface area contributed by atoms with Gasteiger partial charge in [-0.15, -0.1) is 0 Å². The number of amides is 1. The van der Waals surface area contributed by atoms with Gasteiger partial charge in [0.05, 0.1) is 4.90 Å². The molecule has 0 spiro atoms. The molecule has 0 N–H and O–H groups in total. The maximum atomic E-state index is 13.3. The van der Waals surface area contributed by atoms with Gasteiger partial charge in [0.2, 0.25) is 15.9 Å². The van der Waals surface area contributed by atoms with Crippen molar-refractivity contribution in [3.05, 3.63) is 63.5 Å². The highest BCUT2D eigenvalue weighted by Gasteiger charge is 2.39. The van der Waals surface area contributed by atoms with Crippen molar-refractivity contribution in [2.75, 3.05) is 26.2 Å². The fourth-order valence-electron chi connectivity index (χ4n) is 5.43. The largest absolute Gasteiger partial charge is 0.341 e. The van der Waals surface area contributed by atoms with Crippen LogP contribution >= 0.6 is 11.6 Å². The minimum absolute atomic E-state index is 0.0336. The Morgan fingerprint density at radius 3 is 2.41 bits per heavy atom. The van der Waals surface area contributed by atoms with Gasteiger partial charge in [0.1, 0.15) is 0 Å². The van der Waals surface area contributed by atoms with Crippen LogP contribution in [0.2, 0.25) is 5.02 Å². The first-order valence-electron chi connectivity index (χ1n) is 11.1. The van der Waals surface area contributed by atoms with Crippen LogP contribution in [-0.2, 0) is 21.4 Å².